The van der Waals surface area contributed by atoms with Crippen LogP contribution in [0.3, 0.4) is 0 Å². The largest absolute Gasteiger partial charge is 0.504 e. The van der Waals surface area contributed by atoms with Crippen LogP contribution in [0.5, 0.6) is 11.5 Å². The van der Waals surface area contributed by atoms with Crippen molar-refractivity contribution in [2.24, 2.45) is 10.1 Å². The number of halogens is 2. The van der Waals surface area contributed by atoms with E-state index in [1.165, 1.54) is 23.5 Å². The maximum atomic E-state index is 9.66. The highest BCUT2D eigenvalue weighted by Gasteiger charge is 2.12. The van der Waals surface area contributed by atoms with Crippen LogP contribution < -0.4 is 4.80 Å². The Labute approximate surface area is 170 Å². The second-order valence-electron chi connectivity index (χ2n) is 6.06. The highest BCUT2D eigenvalue weighted by molar-refractivity contribution is 7.07. The second kappa shape index (κ2) is 8.17. The molecule has 0 saturated carbocycles. The molecule has 0 bridgehead atoms. The van der Waals surface area contributed by atoms with Crippen molar-refractivity contribution in [3.8, 4) is 22.8 Å². The maximum absolute atomic E-state index is 9.66. The van der Waals surface area contributed by atoms with Crippen molar-refractivity contribution in [1.82, 2.24) is 4.68 Å². The predicted octanol–water partition coefficient (Wildman–Crippen LogP) is 5.13. The first-order valence-electron chi connectivity index (χ1n) is 8.11. The van der Waals surface area contributed by atoms with Crippen molar-refractivity contribution >= 4 is 40.8 Å². The summed E-state index contributed by atoms with van der Waals surface area (Å²) in [6.07, 6.45) is 1.58. The van der Waals surface area contributed by atoms with Gasteiger partial charge in [0, 0.05) is 22.0 Å². The van der Waals surface area contributed by atoms with Crippen molar-refractivity contribution in [3.05, 3.63) is 62.2 Å². The Morgan fingerprint density at radius 1 is 1.07 bits per heavy atom. The fourth-order valence-electron chi connectivity index (χ4n) is 2.35. The average molecular weight is 422 g/mol. The first-order valence-corrected chi connectivity index (χ1v) is 9.75. The van der Waals surface area contributed by atoms with Crippen LogP contribution in [0.15, 0.2) is 51.9 Å². The Morgan fingerprint density at radius 2 is 1.85 bits per heavy atom. The molecule has 0 saturated heterocycles. The van der Waals surface area contributed by atoms with Gasteiger partial charge in [0.25, 0.3) is 0 Å². The molecule has 2 N–H and O–H groups in total. The van der Waals surface area contributed by atoms with E-state index in [0.717, 1.165) is 11.3 Å². The zero-order valence-electron chi connectivity index (χ0n) is 14.6. The van der Waals surface area contributed by atoms with Gasteiger partial charge < -0.3 is 10.2 Å². The van der Waals surface area contributed by atoms with E-state index in [0.29, 0.717) is 20.4 Å². The van der Waals surface area contributed by atoms with Gasteiger partial charge in [0.05, 0.1) is 16.9 Å². The quantitative estimate of drug-likeness (QED) is 0.452. The van der Waals surface area contributed by atoms with Crippen molar-refractivity contribution in [1.29, 1.82) is 0 Å². The zero-order chi connectivity index (χ0) is 19.6. The zero-order valence-corrected chi connectivity index (χ0v) is 16.9. The topological polar surface area (TPSA) is 70.1 Å². The molecule has 140 valence electrons. The van der Waals surface area contributed by atoms with Gasteiger partial charge in [-0.1, -0.05) is 23.2 Å². The van der Waals surface area contributed by atoms with Crippen molar-refractivity contribution < 1.29 is 10.2 Å². The summed E-state index contributed by atoms with van der Waals surface area (Å²) in [5, 5.41) is 26.7. The van der Waals surface area contributed by atoms with E-state index in [2.05, 4.69) is 10.1 Å². The molecule has 1 heterocycles. The highest BCUT2D eigenvalue weighted by atomic mass is 35.5. The lowest BCUT2D eigenvalue weighted by molar-refractivity contribution is 0.403. The molecule has 27 heavy (non-hydrogen) atoms. The average Bonchev–Trinajstić information content (AvgIpc) is 2.99. The van der Waals surface area contributed by atoms with E-state index in [4.69, 9.17) is 23.2 Å². The van der Waals surface area contributed by atoms with E-state index in [9.17, 15) is 10.2 Å². The fraction of sp³-hybridized carbons (Fsp3) is 0.158. The molecule has 0 spiro atoms. The van der Waals surface area contributed by atoms with Crippen LogP contribution in [0.1, 0.15) is 19.4 Å². The van der Waals surface area contributed by atoms with Gasteiger partial charge in [-0.25, -0.2) is 4.68 Å². The van der Waals surface area contributed by atoms with Gasteiger partial charge in [-0.15, -0.1) is 11.3 Å². The van der Waals surface area contributed by atoms with Crippen LogP contribution >= 0.6 is 34.5 Å². The second-order valence-corrected chi connectivity index (χ2v) is 7.74. The normalized spacial score (nSPS) is 12.4. The molecule has 0 aliphatic rings. The number of thiazole rings is 1. The van der Waals surface area contributed by atoms with Crippen LogP contribution in [0.25, 0.3) is 11.3 Å². The van der Waals surface area contributed by atoms with Gasteiger partial charge in [0.1, 0.15) is 0 Å². The standard InChI is InChI=1S/C19H17Cl2N3O2S/c1-11(2)23-19-24(22-9-12-3-6-17(25)18(26)7-12)16(10-27-19)14-8-13(20)4-5-15(14)21/h3-11,25-26H,1-2H3. The van der Waals surface area contributed by atoms with Gasteiger partial charge in [-0.3, -0.25) is 4.99 Å². The molecule has 0 atom stereocenters. The minimum atomic E-state index is -0.209. The lowest BCUT2D eigenvalue weighted by Gasteiger charge is -2.07. The Morgan fingerprint density at radius 3 is 2.56 bits per heavy atom. The molecule has 3 aromatic rings. The van der Waals surface area contributed by atoms with E-state index in [1.54, 1.807) is 35.2 Å². The highest BCUT2D eigenvalue weighted by Crippen LogP contribution is 2.31. The number of rotatable bonds is 4. The van der Waals surface area contributed by atoms with Gasteiger partial charge in [-0.05, 0) is 55.8 Å². The van der Waals surface area contributed by atoms with Gasteiger partial charge in [0.2, 0.25) is 4.80 Å². The number of nitrogens with zero attached hydrogens (tertiary/aromatic N) is 3. The van der Waals surface area contributed by atoms with E-state index < -0.39 is 0 Å². The lowest BCUT2D eigenvalue weighted by atomic mass is 10.2. The Hall–Kier alpha value is -2.28. The SMILES string of the molecule is CC(C)N=c1scc(-c2cc(Cl)ccc2Cl)n1N=Cc1ccc(O)c(O)c1. The van der Waals surface area contributed by atoms with Crippen molar-refractivity contribution in [2.75, 3.05) is 0 Å². The third-order valence-electron chi connectivity index (χ3n) is 3.58. The molecular formula is C19H17Cl2N3O2S. The summed E-state index contributed by atoms with van der Waals surface area (Å²) in [6, 6.07) is 9.82. The lowest BCUT2D eigenvalue weighted by Crippen LogP contribution is -2.14. The predicted molar refractivity (Wildman–Crippen MR) is 111 cm³/mol. The van der Waals surface area contributed by atoms with Gasteiger partial charge in [-0.2, -0.15) is 5.10 Å². The fourth-order valence-corrected chi connectivity index (χ4v) is 3.69. The number of hydrogen-bond donors (Lipinski definition) is 2. The van der Waals surface area contributed by atoms with Crippen LogP contribution in [0.2, 0.25) is 10.0 Å². The van der Waals surface area contributed by atoms with Crippen LogP contribution in [0.4, 0.5) is 0 Å². The maximum Gasteiger partial charge on any atom is 0.206 e. The number of aromatic nitrogens is 1. The molecule has 0 fully saturated rings. The third-order valence-corrected chi connectivity index (χ3v) is 4.98. The summed E-state index contributed by atoms with van der Waals surface area (Å²) in [7, 11) is 0. The van der Waals surface area contributed by atoms with Crippen LogP contribution in [-0.2, 0) is 0 Å². The Bertz CT molecular complexity index is 1070. The van der Waals surface area contributed by atoms with E-state index >= 15 is 0 Å². The number of hydrogen-bond acceptors (Lipinski definition) is 5. The number of phenolic OH excluding ortho intramolecular Hbond substituents is 2. The first kappa shape index (κ1) is 19.5. The molecule has 0 unspecified atom stereocenters. The van der Waals surface area contributed by atoms with E-state index in [1.807, 2.05) is 19.2 Å². The Balaban J connectivity index is 2.14. The number of aromatic hydroxyl groups is 2. The summed E-state index contributed by atoms with van der Waals surface area (Å²) in [5.41, 5.74) is 2.13. The molecule has 8 heteroatoms. The molecule has 0 radical (unpaired) electrons. The number of phenols is 2. The Kier molecular flexibility index (Phi) is 5.89. The van der Waals surface area contributed by atoms with Gasteiger partial charge >= 0.3 is 0 Å². The van der Waals surface area contributed by atoms with Crippen LogP contribution in [-0.4, -0.2) is 27.1 Å². The van der Waals surface area contributed by atoms with Gasteiger partial charge in [0.15, 0.2) is 11.5 Å². The third kappa shape index (κ3) is 4.53. The molecule has 1 aromatic heterocycles. The molecule has 3 rings (SSSR count). The monoisotopic (exact) mass is 421 g/mol. The summed E-state index contributed by atoms with van der Waals surface area (Å²) < 4.78 is 1.69. The molecular weight excluding hydrogens is 405 g/mol. The van der Waals surface area contributed by atoms with Crippen molar-refractivity contribution in [3.63, 3.8) is 0 Å². The molecule has 0 amide bonds. The minimum Gasteiger partial charge on any atom is -0.504 e. The summed E-state index contributed by atoms with van der Waals surface area (Å²) >= 11 is 13.9. The summed E-state index contributed by atoms with van der Waals surface area (Å²) in [5.74, 6) is -0.392. The molecule has 0 aliphatic carbocycles. The molecule has 5 nitrogen and oxygen atoms in total. The smallest absolute Gasteiger partial charge is 0.206 e. The number of benzene rings is 2. The minimum absolute atomic E-state index is 0.0884. The summed E-state index contributed by atoms with van der Waals surface area (Å²) in [4.78, 5) is 5.31. The summed E-state index contributed by atoms with van der Waals surface area (Å²) in [6.45, 7) is 3.97. The van der Waals surface area contributed by atoms with E-state index in [-0.39, 0.29) is 17.5 Å². The molecule has 0 aliphatic heterocycles. The van der Waals surface area contributed by atoms with Crippen LogP contribution in [0, 0.1) is 0 Å². The van der Waals surface area contributed by atoms with Crippen molar-refractivity contribution in [2.45, 2.75) is 19.9 Å². The molecule has 2 aromatic carbocycles. The first-order chi connectivity index (χ1) is 12.8.